The molecule has 1 N–H and O–H groups in total. The fourth-order valence-electron chi connectivity index (χ4n) is 3.38. The maximum Gasteiger partial charge on any atom is 0.327 e. The third-order valence-electron chi connectivity index (χ3n) is 4.74. The molecule has 1 saturated heterocycles. The van der Waals surface area contributed by atoms with Crippen LogP contribution in [0.1, 0.15) is 59.3 Å². The van der Waals surface area contributed by atoms with E-state index >= 15 is 0 Å². The number of nitrogens with zero attached hydrogens (tertiary/aromatic N) is 2. The Morgan fingerprint density at radius 1 is 1.33 bits per heavy atom. The number of amides is 2. The summed E-state index contributed by atoms with van der Waals surface area (Å²) < 4.78 is 0. The van der Waals surface area contributed by atoms with Gasteiger partial charge >= 0.3 is 12.0 Å². The summed E-state index contributed by atoms with van der Waals surface area (Å²) in [5.41, 5.74) is -0.361. The van der Waals surface area contributed by atoms with Gasteiger partial charge in [0.1, 0.15) is 6.04 Å². The molecule has 1 aliphatic carbocycles. The van der Waals surface area contributed by atoms with Gasteiger partial charge in [-0.25, -0.2) is 9.59 Å². The van der Waals surface area contributed by atoms with Gasteiger partial charge in [0.05, 0.1) is 0 Å². The van der Waals surface area contributed by atoms with Crippen molar-refractivity contribution in [2.24, 2.45) is 5.41 Å². The Bertz CT molecular complexity index is 404. The molecule has 1 atom stereocenters. The maximum atomic E-state index is 12.9. The number of carbonyl (C=O) groups excluding carboxylic acids is 1. The van der Waals surface area contributed by atoms with E-state index < -0.39 is 12.0 Å². The third-order valence-corrected chi connectivity index (χ3v) is 4.74. The van der Waals surface area contributed by atoms with Crippen LogP contribution >= 0.6 is 0 Å². The van der Waals surface area contributed by atoms with Crippen molar-refractivity contribution >= 4 is 12.0 Å². The Labute approximate surface area is 127 Å². The Kier molecular flexibility index (Phi) is 4.79. The number of hydrogen-bond acceptors (Lipinski definition) is 2. The Morgan fingerprint density at radius 3 is 2.52 bits per heavy atom. The number of carbonyl (C=O) groups is 2. The van der Waals surface area contributed by atoms with Gasteiger partial charge in [0, 0.05) is 19.1 Å². The number of aliphatic carboxylic acids is 1. The van der Waals surface area contributed by atoms with Gasteiger partial charge in [-0.05, 0) is 37.5 Å². The predicted molar refractivity (Wildman–Crippen MR) is 81.2 cm³/mol. The van der Waals surface area contributed by atoms with E-state index in [1.165, 1.54) is 0 Å². The molecule has 1 aliphatic heterocycles. The topological polar surface area (TPSA) is 60.9 Å². The van der Waals surface area contributed by atoms with Crippen molar-refractivity contribution in [3.8, 4) is 0 Å². The Balaban J connectivity index is 2.16. The van der Waals surface area contributed by atoms with Crippen molar-refractivity contribution in [1.82, 2.24) is 9.80 Å². The number of carboxylic acid groups (broad SMARTS) is 1. The zero-order chi connectivity index (χ0) is 15.6. The fourth-order valence-corrected chi connectivity index (χ4v) is 3.38. The third kappa shape index (κ3) is 3.50. The van der Waals surface area contributed by atoms with Gasteiger partial charge in [-0.2, -0.15) is 0 Å². The van der Waals surface area contributed by atoms with Crippen molar-refractivity contribution in [2.45, 2.75) is 71.4 Å². The lowest BCUT2D eigenvalue weighted by atomic mass is 9.76. The van der Waals surface area contributed by atoms with Crippen LogP contribution in [0.3, 0.4) is 0 Å². The summed E-state index contributed by atoms with van der Waals surface area (Å²) in [7, 11) is 0. The highest BCUT2D eigenvalue weighted by molar-refractivity contribution is 5.84. The average molecular weight is 296 g/mol. The first-order valence-corrected chi connectivity index (χ1v) is 8.18. The highest BCUT2D eigenvalue weighted by Crippen LogP contribution is 2.37. The molecule has 0 spiro atoms. The van der Waals surface area contributed by atoms with E-state index in [0.29, 0.717) is 12.6 Å². The normalized spacial score (nSPS) is 24.7. The largest absolute Gasteiger partial charge is 0.480 e. The number of piperidine rings is 1. The molecule has 2 aliphatic rings. The SMILES string of the molecule is CCCCN(C(=O)N1CCCC(C)(C)C1C(=O)O)C1CC1. The minimum absolute atomic E-state index is 0.0638. The van der Waals surface area contributed by atoms with E-state index in [0.717, 1.165) is 45.1 Å². The number of unbranched alkanes of at least 4 members (excludes halogenated alkanes) is 1. The standard InChI is InChI=1S/C16H28N2O3/c1-4-5-10-17(12-7-8-12)15(21)18-11-6-9-16(2,3)13(18)14(19)20/h12-13H,4-11H2,1-3H3,(H,19,20). The molecule has 5 heteroatoms. The molecule has 1 unspecified atom stereocenters. The molecule has 0 aromatic heterocycles. The van der Waals surface area contributed by atoms with Crippen LogP contribution in [0.4, 0.5) is 4.79 Å². The predicted octanol–water partition coefficient (Wildman–Crippen LogP) is 2.95. The van der Waals surface area contributed by atoms with Gasteiger partial charge in [0.25, 0.3) is 0 Å². The minimum Gasteiger partial charge on any atom is -0.480 e. The summed E-state index contributed by atoms with van der Waals surface area (Å²) in [6, 6.07) is -0.434. The van der Waals surface area contributed by atoms with E-state index in [1.807, 2.05) is 18.7 Å². The molecule has 120 valence electrons. The summed E-state index contributed by atoms with van der Waals surface area (Å²) in [5, 5.41) is 9.59. The second-order valence-corrected chi connectivity index (χ2v) is 7.09. The Hall–Kier alpha value is -1.26. The van der Waals surface area contributed by atoms with Crippen LogP contribution in [-0.2, 0) is 4.79 Å². The minimum atomic E-state index is -0.876. The number of rotatable bonds is 5. The van der Waals surface area contributed by atoms with E-state index in [1.54, 1.807) is 4.90 Å². The van der Waals surface area contributed by atoms with Gasteiger partial charge in [-0.3, -0.25) is 0 Å². The first kappa shape index (κ1) is 16.1. The van der Waals surface area contributed by atoms with Crippen LogP contribution in [0.25, 0.3) is 0 Å². The lowest BCUT2D eigenvalue weighted by Crippen LogP contribution is -2.59. The molecule has 0 radical (unpaired) electrons. The molecular weight excluding hydrogens is 268 g/mol. The number of likely N-dealkylation sites (tertiary alicyclic amines) is 1. The highest BCUT2D eigenvalue weighted by Gasteiger charge is 2.47. The van der Waals surface area contributed by atoms with Crippen molar-refractivity contribution in [3.05, 3.63) is 0 Å². The lowest BCUT2D eigenvalue weighted by Gasteiger charge is -2.45. The monoisotopic (exact) mass is 296 g/mol. The molecule has 2 fully saturated rings. The summed E-state index contributed by atoms with van der Waals surface area (Å²) in [5.74, 6) is -0.876. The smallest absolute Gasteiger partial charge is 0.327 e. The first-order valence-electron chi connectivity index (χ1n) is 8.18. The molecule has 1 heterocycles. The van der Waals surface area contributed by atoms with E-state index in [4.69, 9.17) is 0 Å². The zero-order valence-corrected chi connectivity index (χ0v) is 13.5. The van der Waals surface area contributed by atoms with Gasteiger partial charge in [0.2, 0.25) is 0 Å². The first-order chi connectivity index (χ1) is 9.88. The molecule has 0 bridgehead atoms. The van der Waals surface area contributed by atoms with Crippen molar-refractivity contribution in [3.63, 3.8) is 0 Å². The molecule has 0 aromatic carbocycles. The van der Waals surface area contributed by atoms with E-state index in [2.05, 4.69) is 6.92 Å². The van der Waals surface area contributed by atoms with Gasteiger partial charge in [-0.15, -0.1) is 0 Å². The van der Waals surface area contributed by atoms with E-state index in [-0.39, 0.29) is 11.4 Å². The summed E-state index contributed by atoms with van der Waals surface area (Å²) >= 11 is 0. The highest BCUT2D eigenvalue weighted by atomic mass is 16.4. The summed E-state index contributed by atoms with van der Waals surface area (Å²) in [4.78, 5) is 28.1. The van der Waals surface area contributed by atoms with E-state index in [9.17, 15) is 14.7 Å². The van der Waals surface area contributed by atoms with Gasteiger partial charge in [0.15, 0.2) is 0 Å². The zero-order valence-electron chi connectivity index (χ0n) is 13.5. The second kappa shape index (κ2) is 6.24. The molecule has 0 aromatic rings. The molecule has 2 rings (SSSR count). The Morgan fingerprint density at radius 2 is 2.00 bits per heavy atom. The molecule has 1 saturated carbocycles. The quantitative estimate of drug-likeness (QED) is 0.848. The van der Waals surface area contributed by atoms with Crippen molar-refractivity contribution in [1.29, 1.82) is 0 Å². The maximum absolute atomic E-state index is 12.9. The molecule has 2 amide bonds. The van der Waals surface area contributed by atoms with Crippen molar-refractivity contribution in [2.75, 3.05) is 13.1 Å². The van der Waals surface area contributed by atoms with Gasteiger partial charge in [-0.1, -0.05) is 27.2 Å². The second-order valence-electron chi connectivity index (χ2n) is 7.09. The van der Waals surface area contributed by atoms with Crippen LogP contribution in [0.2, 0.25) is 0 Å². The molecule has 21 heavy (non-hydrogen) atoms. The lowest BCUT2D eigenvalue weighted by molar-refractivity contribution is -0.148. The fraction of sp³-hybridized carbons (Fsp3) is 0.875. The number of carboxylic acids is 1. The molecule has 5 nitrogen and oxygen atoms in total. The number of hydrogen-bond donors (Lipinski definition) is 1. The van der Waals surface area contributed by atoms with Gasteiger partial charge < -0.3 is 14.9 Å². The summed E-state index contributed by atoms with van der Waals surface area (Å²) in [6.07, 6.45) is 5.89. The van der Waals surface area contributed by atoms with Crippen LogP contribution in [0.5, 0.6) is 0 Å². The van der Waals surface area contributed by atoms with Crippen LogP contribution < -0.4 is 0 Å². The summed E-state index contributed by atoms with van der Waals surface area (Å²) in [6.45, 7) is 7.34. The van der Waals surface area contributed by atoms with Crippen LogP contribution in [0, 0.1) is 5.41 Å². The van der Waals surface area contributed by atoms with Crippen LogP contribution in [-0.4, -0.2) is 52.1 Å². The average Bonchev–Trinajstić information content (AvgIpc) is 3.21. The van der Waals surface area contributed by atoms with Crippen molar-refractivity contribution < 1.29 is 14.7 Å². The van der Waals surface area contributed by atoms with Crippen LogP contribution in [0.15, 0.2) is 0 Å². The number of urea groups is 1. The molecular formula is C16H28N2O3.